The summed E-state index contributed by atoms with van der Waals surface area (Å²) < 4.78 is 26.9. The van der Waals surface area contributed by atoms with Gasteiger partial charge in [-0.15, -0.1) is 0 Å². The summed E-state index contributed by atoms with van der Waals surface area (Å²) in [7, 11) is -3.49. The number of sulfonamides is 1. The maximum absolute atomic E-state index is 12.2. The van der Waals surface area contributed by atoms with Crippen molar-refractivity contribution in [3.63, 3.8) is 0 Å². The highest BCUT2D eigenvalue weighted by atomic mass is 32.2. The van der Waals surface area contributed by atoms with E-state index >= 15 is 0 Å². The van der Waals surface area contributed by atoms with Crippen LogP contribution in [0.3, 0.4) is 0 Å². The first-order valence-electron chi connectivity index (χ1n) is 8.86. The van der Waals surface area contributed by atoms with Gasteiger partial charge in [-0.1, -0.05) is 25.5 Å². The summed E-state index contributed by atoms with van der Waals surface area (Å²) >= 11 is 0. The minimum Gasteiger partial charge on any atom is -0.300 e. The molecule has 0 amide bonds. The Kier molecular flexibility index (Phi) is 7.34. The lowest BCUT2D eigenvalue weighted by atomic mass is 10.00. The molecule has 1 aliphatic heterocycles. The van der Waals surface area contributed by atoms with E-state index in [9.17, 15) is 18.5 Å². The van der Waals surface area contributed by atoms with Gasteiger partial charge in [-0.2, -0.15) is 0 Å². The highest BCUT2D eigenvalue weighted by molar-refractivity contribution is 7.88. The minimum atomic E-state index is -3.49. The van der Waals surface area contributed by atoms with Crippen LogP contribution in [0.15, 0.2) is 24.3 Å². The summed E-state index contributed by atoms with van der Waals surface area (Å²) in [5.74, 6) is -0.240. The Balaban J connectivity index is 1.79. The fourth-order valence-electron chi connectivity index (χ4n) is 3.36. The number of piperidine rings is 1. The van der Waals surface area contributed by atoms with Gasteiger partial charge in [0.15, 0.2) is 0 Å². The quantitative estimate of drug-likeness (QED) is 0.410. The molecule has 25 heavy (non-hydrogen) atoms. The first-order valence-corrected chi connectivity index (χ1v) is 10.5. The number of nitro benzene ring substituents is 1. The maximum atomic E-state index is 12.2. The Hall–Kier alpha value is -1.51. The topological polar surface area (TPSA) is 92.6 Å². The van der Waals surface area contributed by atoms with Crippen molar-refractivity contribution in [2.45, 2.75) is 50.8 Å². The number of nitrogens with one attached hydrogen (secondary N) is 1. The predicted molar refractivity (Wildman–Crippen MR) is 97.8 cm³/mol. The maximum Gasteiger partial charge on any atom is 0.269 e. The van der Waals surface area contributed by atoms with Gasteiger partial charge in [0, 0.05) is 24.7 Å². The SMILES string of the molecule is CC[C@H]1CCCCN1CCCNS(=O)(=O)Cc1cccc([N+](=O)[O-])c1. The summed E-state index contributed by atoms with van der Waals surface area (Å²) in [6.07, 6.45) is 5.64. The molecule has 2 rings (SSSR count). The zero-order valence-electron chi connectivity index (χ0n) is 14.7. The van der Waals surface area contributed by atoms with Crippen LogP contribution in [0.25, 0.3) is 0 Å². The second kappa shape index (κ2) is 9.26. The molecule has 0 spiro atoms. The van der Waals surface area contributed by atoms with E-state index in [2.05, 4.69) is 16.5 Å². The highest BCUT2D eigenvalue weighted by Crippen LogP contribution is 2.19. The molecular formula is C17H27N3O4S. The van der Waals surface area contributed by atoms with Gasteiger partial charge >= 0.3 is 0 Å². The largest absolute Gasteiger partial charge is 0.300 e. The lowest BCUT2D eigenvalue weighted by Gasteiger charge is -2.35. The number of benzene rings is 1. The van der Waals surface area contributed by atoms with Crippen molar-refractivity contribution in [1.82, 2.24) is 9.62 Å². The normalized spacial score (nSPS) is 19.0. The Morgan fingerprint density at radius 2 is 2.16 bits per heavy atom. The summed E-state index contributed by atoms with van der Waals surface area (Å²) in [6, 6.07) is 6.37. The summed E-state index contributed by atoms with van der Waals surface area (Å²) in [6.45, 7) is 4.59. The average Bonchev–Trinajstić information content (AvgIpc) is 2.59. The molecule has 1 heterocycles. The summed E-state index contributed by atoms with van der Waals surface area (Å²) in [5.41, 5.74) is 0.326. The molecule has 0 unspecified atom stereocenters. The molecule has 8 heteroatoms. The average molecular weight is 369 g/mol. The van der Waals surface area contributed by atoms with Crippen molar-refractivity contribution >= 4 is 15.7 Å². The number of likely N-dealkylation sites (tertiary alicyclic amines) is 1. The molecule has 0 saturated carbocycles. The van der Waals surface area contributed by atoms with Gasteiger partial charge < -0.3 is 4.90 Å². The lowest BCUT2D eigenvalue weighted by Crippen LogP contribution is -2.40. The molecule has 1 saturated heterocycles. The van der Waals surface area contributed by atoms with Gasteiger partial charge in [0.1, 0.15) is 0 Å². The second-order valence-corrected chi connectivity index (χ2v) is 8.33. The van der Waals surface area contributed by atoms with Crippen molar-refractivity contribution in [3.8, 4) is 0 Å². The molecule has 7 nitrogen and oxygen atoms in total. The van der Waals surface area contributed by atoms with Crippen LogP contribution < -0.4 is 4.72 Å². The smallest absolute Gasteiger partial charge is 0.269 e. The molecule has 1 N–H and O–H groups in total. The van der Waals surface area contributed by atoms with Gasteiger partial charge in [0.05, 0.1) is 10.7 Å². The fraction of sp³-hybridized carbons (Fsp3) is 0.647. The van der Waals surface area contributed by atoms with E-state index in [1.54, 1.807) is 6.07 Å². The predicted octanol–water partition coefficient (Wildman–Crippen LogP) is 2.67. The van der Waals surface area contributed by atoms with Crippen LogP contribution in [0, 0.1) is 10.1 Å². The van der Waals surface area contributed by atoms with E-state index in [0.29, 0.717) is 18.2 Å². The van der Waals surface area contributed by atoms with Crippen LogP contribution in [0.1, 0.15) is 44.6 Å². The van der Waals surface area contributed by atoms with Gasteiger partial charge in [0.2, 0.25) is 10.0 Å². The van der Waals surface area contributed by atoms with Crippen LogP contribution in [0.4, 0.5) is 5.69 Å². The van der Waals surface area contributed by atoms with Crippen LogP contribution in [0.2, 0.25) is 0 Å². The van der Waals surface area contributed by atoms with Gasteiger partial charge in [-0.05, 0) is 44.3 Å². The van der Waals surface area contributed by atoms with Gasteiger partial charge in [-0.25, -0.2) is 13.1 Å². The van der Waals surface area contributed by atoms with Crippen LogP contribution in [0.5, 0.6) is 0 Å². The van der Waals surface area contributed by atoms with Crippen molar-refractivity contribution in [2.24, 2.45) is 0 Å². The number of hydrogen-bond acceptors (Lipinski definition) is 5. The van der Waals surface area contributed by atoms with Crippen molar-refractivity contribution in [1.29, 1.82) is 0 Å². The molecule has 1 aromatic rings. The van der Waals surface area contributed by atoms with Gasteiger partial charge in [0.25, 0.3) is 5.69 Å². The standard InChI is InChI=1S/C17H27N3O4S/c1-2-16-8-3-4-11-19(16)12-6-10-18-25(23,24)14-15-7-5-9-17(13-15)20(21)22/h5,7,9,13,16,18H,2-4,6,8,10-12,14H2,1H3/t16-/m0/s1. The fourth-order valence-corrected chi connectivity index (χ4v) is 4.53. The van der Waals surface area contributed by atoms with Crippen molar-refractivity contribution in [2.75, 3.05) is 19.6 Å². The zero-order valence-corrected chi connectivity index (χ0v) is 15.5. The molecule has 0 aromatic heterocycles. The Morgan fingerprint density at radius 3 is 2.88 bits per heavy atom. The van der Waals surface area contributed by atoms with E-state index in [1.807, 2.05) is 0 Å². The molecule has 0 radical (unpaired) electrons. The molecule has 1 aromatic carbocycles. The van der Waals surface area contributed by atoms with E-state index in [-0.39, 0.29) is 11.4 Å². The first kappa shape index (κ1) is 19.8. The van der Waals surface area contributed by atoms with Crippen LogP contribution in [-0.4, -0.2) is 43.9 Å². The minimum absolute atomic E-state index is 0.0941. The molecule has 0 bridgehead atoms. The van der Waals surface area contributed by atoms with Crippen LogP contribution >= 0.6 is 0 Å². The number of non-ortho nitro benzene ring substituents is 1. The number of nitro groups is 1. The first-order chi connectivity index (χ1) is 11.9. The van der Waals surface area contributed by atoms with Gasteiger partial charge in [-0.3, -0.25) is 10.1 Å². The third-order valence-electron chi connectivity index (χ3n) is 4.64. The van der Waals surface area contributed by atoms with Crippen molar-refractivity contribution in [3.05, 3.63) is 39.9 Å². The number of rotatable bonds is 9. The molecule has 0 aliphatic carbocycles. The van der Waals surface area contributed by atoms with E-state index < -0.39 is 14.9 Å². The molecule has 1 fully saturated rings. The zero-order chi connectivity index (χ0) is 18.3. The van der Waals surface area contributed by atoms with E-state index in [0.717, 1.165) is 25.9 Å². The van der Waals surface area contributed by atoms with Crippen molar-refractivity contribution < 1.29 is 13.3 Å². The highest BCUT2D eigenvalue weighted by Gasteiger charge is 2.20. The lowest BCUT2D eigenvalue weighted by molar-refractivity contribution is -0.384. The van der Waals surface area contributed by atoms with Crippen LogP contribution in [-0.2, 0) is 15.8 Å². The monoisotopic (exact) mass is 369 g/mol. The third-order valence-corrected chi connectivity index (χ3v) is 6.00. The molecular weight excluding hydrogens is 342 g/mol. The third kappa shape index (κ3) is 6.37. The van der Waals surface area contributed by atoms with E-state index in [4.69, 9.17) is 0 Å². The Bertz CT molecular complexity index is 678. The van der Waals surface area contributed by atoms with E-state index in [1.165, 1.54) is 37.5 Å². The summed E-state index contributed by atoms with van der Waals surface area (Å²) in [5, 5.41) is 10.8. The second-order valence-electron chi connectivity index (χ2n) is 6.53. The molecule has 1 atom stereocenters. The summed E-state index contributed by atoms with van der Waals surface area (Å²) in [4.78, 5) is 12.7. The molecule has 1 aliphatic rings. The number of hydrogen-bond donors (Lipinski definition) is 1. The molecule has 140 valence electrons. The number of nitrogens with zero attached hydrogens (tertiary/aromatic N) is 2. The Labute approximate surface area is 149 Å². The Morgan fingerprint density at radius 1 is 1.36 bits per heavy atom.